The van der Waals surface area contributed by atoms with Crippen LogP contribution >= 0.6 is 0 Å². The van der Waals surface area contributed by atoms with Crippen molar-refractivity contribution in [1.29, 1.82) is 0 Å². The largest absolute Gasteiger partial charge is 0.493 e. The number of hydrogen-bond acceptors (Lipinski definition) is 5. The second-order valence-electron chi connectivity index (χ2n) is 9.46. The molecule has 30 heavy (non-hydrogen) atoms. The zero-order valence-electron chi connectivity index (χ0n) is 19.7. The monoisotopic (exact) mass is 416 g/mol. The predicted octanol–water partition coefficient (Wildman–Crippen LogP) is 5.70. The van der Waals surface area contributed by atoms with Crippen LogP contribution in [0.3, 0.4) is 0 Å². The highest BCUT2D eigenvalue weighted by atomic mass is 16.5. The second-order valence-corrected chi connectivity index (χ2v) is 9.46. The van der Waals surface area contributed by atoms with Crippen molar-refractivity contribution < 1.29 is 23.7 Å². The Morgan fingerprint density at radius 3 is 2.03 bits per heavy atom. The minimum atomic E-state index is -0.570. The smallest absolute Gasteiger partial charge is 0.177 e. The normalized spacial score (nSPS) is 27.5. The molecule has 5 heteroatoms. The summed E-state index contributed by atoms with van der Waals surface area (Å²) in [6.07, 6.45) is 6.59. The van der Waals surface area contributed by atoms with Gasteiger partial charge in [-0.1, -0.05) is 45.8 Å². The summed E-state index contributed by atoms with van der Waals surface area (Å²) in [6, 6.07) is 1.70. The van der Waals surface area contributed by atoms with Crippen molar-refractivity contribution in [2.24, 2.45) is 22.7 Å². The van der Waals surface area contributed by atoms with Gasteiger partial charge in [0.15, 0.2) is 28.8 Å². The van der Waals surface area contributed by atoms with E-state index in [0.29, 0.717) is 28.6 Å². The first-order valence-electron chi connectivity index (χ1n) is 10.8. The van der Waals surface area contributed by atoms with Crippen molar-refractivity contribution in [3.05, 3.63) is 23.3 Å². The van der Waals surface area contributed by atoms with Crippen LogP contribution in [0.25, 0.3) is 0 Å². The van der Waals surface area contributed by atoms with Gasteiger partial charge in [0, 0.05) is 11.5 Å². The number of carbonyl (C=O) groups is 1. The molecule has 3 rings (SSSR count). The summed E-state index contributed by atoms with van der Waals surface area (Å²) in [5.41, 5.74) is 1.38. The summed E-state index contributed by atoms with van der Waals surface area (Å²) >= 11 is 0. The molecule has 0 spiro atoms. The van der Waals surface area contributed by atoms with Crippen molar-refractivity contribution in [1.82, 2.24) is 0 Å². The second kappa shape index (κ2) is 8.16. The summed E-state index contributed by atoms with van der Waals surface area (Å²) < 4.78 is 22.4. The van der Waals surface area contributed by atoms with Crippen molar-refractivity contribution in [2.45, 2.75) is 53.4 Å². The van der Waals surface area contributed by atoms with Crippen LogP contribution in [0.5, 0.6) is 23.0 Å². The van der Waals surface area contributed by atoms with E-state index >= 15 is 0 Å². The van der Waals surface area contributed by atoms with Crippen molar-refractivity contribution in [3.63, 3.8) is 0 Å². The molecule has 0 saturated heterocycles. The summed E-state index contributed by atoms with van der Waals surface area (Å²) in [5.74, 6) is 2.16. The molecule has 0 unspecified atom stereocenters. The van der Waals surface area contributed by atoms with Crippen LogP contribution in [-0.2, 0) is 0 Å². The molecule has 0 N–H and O–H groups in total. The molecule has 1 saturated carbocycles. The Morgan fingerprint density at radius 1 is 0.967 bits per heavy atom. The third-order valence-electron chi connectivity index (χ3n) is 7.62. The van der Waals surface area contributed by atoms with Crippen LogP contribution in [0.4, 0.5) is 0 Å². The maximum Gasteiger partial charge on any atom is 0.177 e. The SMILES string of the molecule is COc1cc(OC)c(OC)c(C(=O)[C@@]2(C)[C@@H]3CCCC(C)(C)C3=CC[C@@H]2C)c1OC. The molecule has 3 atom stereocenters. The van der Waals surface area contributed by atoms with E-state index in [4.69, 9.17) is 18.9 Å². The van der Waals surface area contributed by atoms with Gasteiger partial charge in [-0.2, -0.15) is 0 Å². The quantitative estimate of drug-likeness (QED) is 0.440. The first-order valence-corrected chi connectivity index (χ1v) is 10.8. The van der Waals surface area contributed by atoms with Gasteiger partial charge in [0.05, 0.1) is 28.4 Å². The molecule has 2 aliphatic carbocycles. The van der Waals surface area contributed by atoms with Crippen LogP contribution in [0.2, 0.25) is 0 Å². The molecule has 0 aliphatic heterocycles. The molecular weight excluding hydrogens is 380 g/mol. The Balaban J connectivity index is 2.24. The van der Waals surface area contributed by atoms with Crippen LogP contribution in [0, 0.1) is 22.7 Å². The zero-order chi connectivity index (χ0) is 22.3. The lowest BCUT2D eigenvalue weighted by atomic mass is 9.51. The average Bonchev–Trinajstić information content (AvgIpc) is 2.73. The number of methoxy groups -OCH3 is 4. The lowest BCUT2D eigenvalue weighted by Gasteiger charge is -2.52. The molecule has 0 heterocycles. The molecular formula is C25H36O5. The third-order valence-corrected chi connectivity index (χ3v) is 7.62. The Labute approximate surface area is 180 Å². The molecule has 166 valence electrons. The number of hydrogen-bond donors (Lipinski definition) is 0. The van der Waals surface area contributed by atoms with E-state index in [0.717, 1.165) is 25.7 Å². The van der Waals surface area contributed by atoms with Gasteiger partial charge in [0.25, 0.3) is 0 Å². The molecule has 0 bridgehead atoms. The van der Waals surface area contributed by atoms with E-state index in [1.807, 2.05) is 0 Å². The van der Waals surface area contributed by atoms with E-state index in [2.05, 4.69) is 33.8 Å². The minimum absolute atomic E-state index is 0.0363. The highest BCUT2D eigenvalue weighted by molar-refractivity contribution is 6.07. The topological polar surface area (TPSA) is 54.0 Å². The summed E-state index contributed by atoms with van der Waals surface area (Å²) in [4.78, 5) is 14.4. The van der Waals surface area contributed by atoms with E-state index in [9.17, 15) is 4.79 Å². The van der Waals surface area contributed by atoms with Crippen molar-refractivity contribution in [3.8, 4) is 23.0 Å². The highest BCUT2D eigenvalue weighted by Crippen LogP contribution is 2.59. The number of fused-ring (bicyclic) bond motifs is 1. The van der Waals surface area contributed by atoms with E-state index < -0.39 is 5.41 Å². The van der Waals surface area contributed by atoms with Gasteiger partial charge in [-0.15, -0.1) is 0 Å². The number of benzene rings is 1. The van der Waals surface area contributed by atoms with Crippen LogP contribution in [0.15, 0.2) is 17.7 Å². The summed E-state index contributed by atoms with van der Waals surface area (Å²) in [7, 11) is 6.24. The number of ether oxygens (including phenoxy) is 4. The van der Waals surface area contributed by atoms with Gasteiger partial charge in [-0.3, -0.25) is 4.79 Å². The van der Waals surface area contributed by atoms with Gasteiger partial charge in [-0.05, 0) is 36.5 Å². The molecule has 1 aromatic rings. The van der Waals surface area contributed by atoms with Gasteiger partial charge in [0.2, 0.25) is 0 Å². The zero-order valence-corrected chi connectivity index (χ0v) is 19.7. The summed E-state index contributed by atoms with van der Waals surface area (Å²) in [5, 5.41) is 0. The first kappa shape index (κ1) is 22.5. The van der Waals surface area contributed by atoms with E-state index in [1.165, 1.54) is 5.57 Å². The third kappa shape index (κ3) is 3.27. The minimum Gasteiger partial charge on any atom is -0.493 e. The molecule has 0 amide bonds. The number of Topliss-reactive ketones (excluding diaryl/α,β-unsaturated/α-hetero) is 1. The Morgan fingerprint density at radius 2 is 1.53 bits per heavy atom. The van der Waals surface area contributed by atoms with Gasteiger partial charge < -0.3 is 18.9 Å². The molecule has 1 aromatic carbocycles. The van der Waals surface area contributed by atoms with Crippen molar-refractivity contribution in [2.75, 3.05) is 28.4 Å². The summed E-state index contributed by atoms with van der Waals surface area (Å²) in [6.45, 7) is 8.93. The van der Waals surface area contributed by atoms with Crippen LogP contribution in [-0.4, -0.2) is 34.2 Å². The van der Waals surface area contributed by atoms with Gasteiger partial charge in [0.1, 0.15) is 5.56 Å². The fourth-order valence-electron chi connectivity index (χ4n) is 5.62. The van der Waals surface area contributed by atoms with Crippen LogP contribution < -0.4 is 18.9 Å². The average molecular weight is 417 g/mol. The standard InChI is InChI=1S/C25H36O5/c1-15-11-12-16-17(10-9-13-24(16,2)3)25(15,4)23(26)20-21(29-7)18(27-5)14-19(28-6)22(20)30-8/h12,14-15,17H,9-11,13H2,1-8H3/t15-,17+,25+/m0/s1. The van der Waals surface area contributed by atoms with Gasteiger partial charge >= 0.3 is 0 Å². The highest BCUT2D eigenvalue weighted by Gasteiger charge is 2.53. The van der Waals surface area contributed by atoms with E-state index in [-0.39, 0.29) is 23.0 Å². The Bertz CT molecular complexity index is 823. The molecule has 2 aliphatic rings. The lowest BCUT2D eigenvalue weighted by Crippen LogP contribution is -2.48. The number of ketones is 1. The maximum atomic E-state index is 14.4. The number of allylic oxidation sites excluding steroid dienone is 2. The van der Waals surface area contributed by atoms with E-state index in [1.54, 1.807) is 34.5 Å². The van der Waals surface area contributed by atoms with Crippen molar-refractivity contribution >= 4 is 5.78 Å². The lowest BCUT2D eigenvalue weighted by molar-refractivity contribution is 0.0440. The first-order chi connectivity index (χ1) is 14.2. The van der Waals surface area contributed by atoms with Gasteiger partial charge in [-0.25, -0.2) is 0 Å². The Hall–Kier alpha value is -2.17. The van der Waals surface area contributed by atoms with Crippen LogP contribution in [0.1, 0.15) is 63.7 Å². The molecule has 1 fully saturated rings. The fourth-order valence-corrected chi connectivity index (χ4v) is 5.62. The molecule has 0 radical (unpaired) electrons. The predicted molar refractivity (Wildman–Crippen MR) is 118 cm³/mol. The molecule has 5 nitrogen and oxygen atoms in total. The molecule has 0 aromatic heterocycles. The Kier molecular flexibility index (Phi) is 6.13. The maximum absolute atomic E-state index is 14.4. The fraction of sp³-hybridized carbons (Fsp3) is 0.640. The number of carbonyl (C=O) groups excluding carboxylic acids is 1. The number of rotatable bonds is 6.